The first-order valence-electron chi connectivity index (χ1n) is 8.24. The number of amides is 1. The summed E-state index contributed by atoms with van der Waals surface area (Å²) in [7, 11) is 2.18. The van der Waals surface area contributed by atoms with Gasteiger partial charge in [0.2, 0.25) is 0 Å². The number of fused-ring (bicyclic) bond motifs is 1. The van der Waals surface area contributed by atoms with Gasteiger partial charge in [-0.05, 0) is 51.4 Å². The normalized spacial score (nSPS) is 26.1. The van der Waals surface area contributed by atoms with Crippen LogP contribution in [0.3, 0.4) is 0 Å². The average molecular weight is 298 g/mol. The Morgan fingerprint density at radius 1 is 1.14 bits per heavy atom. The third-order valence-electron chi connectivity index (χ3n) is 5.22. The molecule has 1 aromatic carbocycles. The highest BCUT2D eigenvalue weighted by atomic mass is 16.3. The zero-order valence-electron chi connectivity index (χ0n) is 13.0. The van der Waals surface area contributed by atoms with E-state index >= 15 is 0 Å². The quantitative estimate of drug-likeness (QED) is 0.854. The van der Waals surface area contributed by atoms with Crippen LogP contribution >= 0.6 is 0 Å². The fourth-order valence-electron chi connectivity index (χ4n) is 4.10. The summed E-state index contributed by atoms with van der Waals surface area (Å²) in [6, 6.07) is 10.5. The summed E-state index contributed by atoms with van der Waals surface area (Å²) in [6.07, 6.45) is 4.65. The molecular weight excluding hydrogens is 276 g/mol. The maximum Gasteiger partial charge on any atom is 0.289 e. The third kappa shape index (κ3) is 2.22. The number of carbonyl (C=O) groups excluding carboxylic acids is 1. The number of likely N-dealkylation sites (tertiary alicyclic amines) is 2. The lowest BCUT2D eigenvalue weighted by Crippen LogP contribution is -2.47. The number of rotatable bonds is 2. The second-order valence-electron chi connectivity index (χ2n) is 6.55. The van der Waals surface area contributed by atoms with E-state index < -0.39 is 0 Å². The SMILES string of the molecule is CN1CCC[C@@H]1[C@H]1CCCN1C(=O)c1cc2ccccc2o1. The molecule has 2 saturated heterocycles. The minimum absolute atomic E-state index is 0.0546. The molecule has 0 saturated carbocycles. The molecule has 22 heavy (non-hydrogen) atoms. The van der Waals surface area contributed by atoms with Crippen molar-refractivity contribution < 1.29 is 9.21 Å². The monoisotopic (exact) mass is 298 g/mol. The van der Waals surface area contributed by atoms with Gasteiger partial charge >= 0.3 is 0 Å². The molecule has 4 rings (SSSR count). The summed E-state index contributed by atoms with van der Waals surface area (Å²) in [4.78, 5) is 17.4. The molecule has 2 aliphatic heterocycles. The average Bonchev–Trinajstić information content (AvgIpc) is 3.24. The fraction of sp³-hybridized carbons (Fsp3) is 0.500. The molecule has 0 radical (unpaired) electrons. The highest BCUT2D eigenvalue weighted by molar-refractivity contribution is 5.96. The largest absolute Gasteiger partial charge is 0.451 e. The van der Waals surface area contributed by atoms with Gasteiger partial charge in [-0.2, -0.15) is 0 Å². The molecule has 1 amide bonds. The van der Waals surface area contributed by atoms with Crippen LogP contribution in [0.1, 0.15) is 36.2 Å². The molecule has 4 nitrogen and oxygen atoms in total. The Hall–Kier alpha value is -1.81. The van der Waals surface area contributed by atoms with Gasteiger partial charge in [0.15, 0.2) is 5.76 Å². The van der Waals surface area contributed by atoms with Crippen molar-refractivity contribution in [3.63, 3.8) is 0 Å². The second-order valence-corrected chi connectivity index (χ2v) is 6.55. The highest BCUT2D eigenvalue weighted by Crippen LogP contribution is 2.31. The Labute approximate surface area is 130 Å². The van der Waals surface area contributed by atoms with E-state index in [0.717, 1.165) is 36.9 Å². The van der Waals surface area contributed by atoms with Gasteiger partial charge in [-0.1, -0.05) is 18.2 Å². The van der Waals surface area contributed by atoms with E-state index in [0.29, 0.717) is 17.8 Å². The molecule has 0 spiro atoms. The van der Waals surface area contributed by atoms with Crippen LogP contribution in [0.15, 0.2) is 34.7 Å². The van der Waals surface area contributed by atoms with E-state index in [-0.39, 0.29) is 5.91 Å². The maximum absolute atomic E-state index is 12.9. The number of para-hydroxylation sites is 1. The van der Waals surface area contributed by atoms with Crippen molar-refractivity contribution in [2.45, 2.75) is 37.8 Å². The van der Waals surface area contributed by atoms with Crippen molar-refractivity contribution in [1.29, 1.82) is 0 Å². The molecule has 4 heteroatoms. The standard InChI is InChI=1S/C18H22N2O2/c1-19-10-4-7-14(19)15-8-5-11-20(15)18(21)17-12-13-6-2-3-9-16(13)22-17/h2-3,6,9,12,14-15H,4-5,7-8,10-11H2,1H3/t14-,15-/m1/s1. The van der Waals surface area contributed by atoms with Gasteiger partial charge in [0.25, 0.3) is 5.91 Å². The fourth-order valence-corrected chi connectivity index (χ4v) is 4.10. The summed E-state index contributed by atoms with van der Waals surface area (Å²) >= 11 is 0. The van der Waals surface area contributed by atoms with Crippen LogP contribution in [-0.4, -0.2) is 47.9 Å². The minimum Gasteiger partial charge on any atom is -0.451 e. The van der Waals surface area contributed by atoms with Gasteiger partial charge in [0, 0.05) is 24.0 Å². The molecule has 0 bridgehead atoms. The van der Waals surface area contributed by atoms with Crippen molar-refractivity contribution in [1.82, 2.24) is 9.80 Å². The zero-order valence-corrected chi connectivity index (χ0v) is 13.0. The van der Waals surface area contributed by atoms with Crippen molar-refractivity contribution in [2.75, 3.05) is 20.1 Å². The van der Waals surface area contributed by atoms with Gasteiger partial charge in [-0.3, -0.25) is 4.79 Å². The summed E-state index contributed by atoms with van der Waals surface area (Å²) < 4.78 is 5.78. The molecule has 0 unspecified atom stereocenters. The number of carbonyl (C=O) groups is 1. The number of hydrogen-bond donors (Lipinski definition) is 0. The predicted molar refractivity (Wildman–Crippen MR) is 85.9 cm³/mol. The molecule has 2 atom stereocenters. The van der Waals surface area contributed by atoms with Crippen LogP contribution in [0, 0.1) is 0 Å². The van der Waals surface area contributed by atoms with E-state index in [2.05, 4.69) is 11.9 Å². The third-order valence-corrected chi connectivity index (χ3v) is 5.22. The van der Waals surface area contributed by atoms with Crippen molar-refractivity contribution in [3.05, 3.63) is 36.1 Å². The molecule has 0 N–H and O–H groups in total. The Kier molecular flexibility index (Phi) is 3.41. The molecule has 2 aliphatic rings. The highest BCUT2D eigenvalue weighted by Gasteiger charge is 2.39. The molecule has 0 aliphatic carbocycles. The number of likely N-dealkylation sites (N-methyl/N-ethyl adjacent to an activating group) is 1. The van der Waals surface area contributed by atoms with Gasteiger partial charge in [0.05, 0.1) is 0 Å². The first-order valence-corrected chi connectivity index (χ1v) is 8.24. The molecule has 2 aromatic rings. The number of benzene rings is 1. The molecule has 116 valence electrons. The number of nitrogens with zero attached hydrogens (tertiary/aromatic N) is 2. The summed E-state index contributed by atoms with van der Waals surface area (Å²) in [5.41, 5.74) is 0.791. The van der Waals surface area contributed by atoms with Crippen LogP contribution in [0.25, 0.3) is 11.0 Å². The van der Waals surface area contributed by atoms with Gasteiger partial charge < -0.3 is 14.2 Å². The summed E-state index contributed by atoms with van der Waals surface area (Å²) in [5, 5.41) is 1.000. The lowest BCUT2D eigenvalue weighted by atomic mass is 10.0. The number of furan rings is 1. The lowest BCUT2D eigenvalue weighted by Gasteiger charge is -2.32. The van der Waals surface area contributed by atoms with E-state index in [9.17, 15) is 4.79 Å². The van der Waals surface area contributed by atoms with Gasteiger partial charge in [-0.25, -0.2) is 0 Å². The van der Waals surface area contributed by atoms with Gasteiger partial charge in [0.1, 0.15) is 5.58 Å². The van der Waals surface area contributed by atoms with Gasteiger partial charge in [-0.15, -0.1) is 0 Å². The topological polar surface area (TPSA) is 36.7 Å². The van der Waals surface area contributed by atoms with E-state index in [1.165, 1.54) is 12.8 Å². The summed E-state index contributed by atoms with van der Waals surface area (Å²) in [6.45, 7) is 2.00. The summed E-state index contributed by atoms with van der Waals surface area (Å²) in [5.74, 6) is 0.535. The first-order chi connectivity index (χ1) is 10.7. The molecule has 3 heterocycles. The zero-order chi connectivity index (χ0) is 15.1. The lowest BCUT2D eigenvalue weighted by molar-refractivity contribution is 0.0635. The van der Waals surface area contributed by atoms with Crippen LogP contribution < -0.4 is 0 Å². The van der Waals surface area contributed by atoms with E-state index in [4.69, 9.17) is 4.42 Å². The Morgan fingerprint density at radius 3 is 2.68 bits per heavy atom. The van der Waals surface area contributed by atoms with E-state index in [1.807, 2.05) is 35.2 Å². The van der Waals surface area contributed by atoms with E-state index in [1.54, 1.807) is 0 Å². The maximum atomic E-state index is 12.9. The predicted octanol–water partition coefficient (Wildman–Crippen LogP) is 3.13. The van der Waals surface area contributed by atoms with Crippen molar-refractivity contribution in [2.24, 2.45) is 0 Å². The van der Waals surface area contributed by atoms with Crippen molar-refractivity contribution >= 4 is 16.9 Å². The second kappa shape index (κ2) is 5.43. The first kappa shape index (κ1) is 13.8. The van der Waals surface area contributed by atoms with Crippen LogP contribution in [0.5, 0.6) is 0 Å². The minimum atomic E-state index is 0.0546. The van der Waals surface area contributed by atoms with Crippen LogP contribution in [-0.2, 0) is 0 Å². The van der Waals surface area contributed by atoms with Crippen molar-refractivity contribution in [3.8, 4) is 0 Å². The Balaban J connectivity index is 1.60. The molecular formula is C18H22N2O2. The number of hydrogen-bond acceptors (Lipinski definition) is 3. The molecule has 2 fully saturated rings. The van der Waals surface area contributed by atoms with Crippen LogP contribution in [0.4, 0.5) is 0 Å². The Bertz CT molecular complexity index is 660. The van der Waals surface area contributed by atoms with Crippen LogP contribution in [0.2, 0.25) is 0 Å². The molecule has 1 aromatic heterocycles. The Morgan fingerprint density at radius 2 is 1.91 bits per heavy atom. The smallest absolute Gasteiger partial charge is 0.289 e.